The number of aromatic nitrogens is 2. The molecule has 0 unspecified atom stereocenters. The van der Waals surface area contributed by atoms with Crippen LogP contribution in [0.3, 0.4) is 0 Å². The van der Waals surface area contributed by atoms with Gasteiger partial charge in [0.05, 0.1) is 0 Å². The molecule has 5 nitrogen and oxygen atoms in total. The number of anilines is 2. The van der Waals surface area contributed by atoms with Gasteiger partial charge < -0.3 is 10.2 Å². The van der Waals surface area contributed by atoms with Crippen molar-refractivity contribution in [3.63, 3.8) is 0 Å². The maximum Gasteiger partial charge on any atom is 0.247 e. The number of nitrogens with zero attached hydrogens (tertiary/aromatic N) is 3. The number of rotatable bonds is 0. The quantitative estimate of drug-likeness (QED) is 0.676. The summed E-state index contributed by atoms with van der Waals surface area (Å²) in [7, 11) is 1.81. The van der Waals surface area contributed by atoms with Crippen molar-refractivity contribution in [3.8, 4) is 0 Å². The highest BCUT2D eigenvalue weighted by molar-refractivity contribution is 6.33. The predicted octanol–water partition coefficient (Wildman–Crippen LogP) is 1.22. The monoisotopic (exact) mass is 226 g/mol. The average molecular weight is 227 g/mol. The van der Waals surface area contributed by atoms with Crippen molar-refractivity contribution < 1.29 is 4.79 Å². The second kappa shape index (κ2) is 3.34. The molecule has 1 aromatic heterocycles. The Morgan fingerprint density at radius 3 is 2.80 bits per heavy atom. The minimum Gasteiger partial charge on any atom is -0.346 e. The molecule has 15 heavy (non-hydrogen) atoms. The van der Waals surface area contributed by atoms with E-state index >= 15 is 0 Å². The third-order valence-electron chi connectivity index (χ3n) is 2.50. The van der Waals surface area contributed by atoms with Gasteiger partial charge in [0.25, 0.3) is 0 Å². The van der Waals surface area contributed by atoms with Gasteiger partial charge in [0.15, 0.2) is 11.0 Å². The van der Waals surface area contributed by atoms with Crippen LogP contribution in [0, 0.1) is 6.92 Å². The van der Waals surface area contributed by atoms with E-state index in [1.165, 1.54) is 0 Å². The van der Waals surface area contributed by atoms with Crippen molar-refractivity contribution >= 4 is 29.0 Å². The second-order valence-corrected chi connectivity index (χ2v) is 3.89. The van der Waals surface area contributed by atoms with Gasteiger partial charge in [0.2, 0.25) is 5.91 Å². The van der Waals surface area contributed by atoms with Crippen LogP contribution in [0.2, 0.25) is 5.15 Å². The molecule has 1 N–H and O–H groups in total. The molecule has 0 saturated heterocycles. The Balaban J connectivity index is 2.60. The van der Waals surface area contributed by atoms with Crippen molar-refractivity contribution in [3.05, 3.63) is 11.0 Å². The number of hydrogen-bond donors (Lipinski definition) is 1. The molecule has 80 valence electrons. The van der Waals surface area contributed by atoms with Gasteiger partial charge in [-0.25, -0.2) is 9.97 Å². The highest BCUT2D eigenvalue weighted by atomic mass is 35.5. The number of likely N-dealkylation sites (N-methyl/N-ethyl adjacent to an activating group) is 1. The zero-order valence-electron chi connectivity index (χ0n) is 8.71. The molecule has 1 aliphatic rings. The van der Waals surface area contributed by atoms with E-state index < -0.39 is 0 Å². The fraction of sp³-hybridized carbons (Fsp3) is 0.444. The average Bonchev–Trinajstić information content (AvgIpc) is 2.17. The molecule has 2 rings (SSSR count). The Labute approximate surface area is 92.5 Å². The van der Waals surface area contributed by atoms with Gasteiger partial charge in [-0.1, -0.05) is 11.6 Å². The molecule has 6 heteroatoms. The molecular formula is C9H11ClN4O. The molecule has 1 atom stereocenters. The molecule has 0 spiro atoms. The van der Waals surface area contributed by atoms with Gasteiger partial charge in [-0.05, 0) is 13.8 Å². The molecule has 0 saturated carbocycles. The summed E-state index contributed by atoms with van der Waals surface area (Å²) in [4.78, 5) is 21.6. The molecule has 0 bridgehead atoms. The number of aryl methyl sites for hydroxylation is 1. The second-order valence-electron chi connectivity index (χ2n) is 3.54. The third kappa shape index (κ3) is 1.52. The predicted molar refractivity (Wildman–Crippen MR) is 58.3 cm³/mol. The first-order valence-electron chi connectivity index (χ1n) is 4.58. The summed E-state index contributed by atoms with van der Waals surface area (Å²) in [6.07, 6.45) is 0. The van der Waals surface area contributed by atoms with Crippen LogP contribution in [0.4, 0.5) is 11.5 Å². The van der Waals surface area contributed by atoms with Crippen molar-refractivity contribution in [2.75, 3.05) is 17.3 Å². The first-order chi connectivity index (χ1) is 7.00. The lowest BCUT2D eigenvalue weighted by atomic mass is 10.2. The number of halogens is 1. The summed E-state index contributed by atoms with van der Waals surface area (Å²) < 4.78 is 0. The van der Waals surface area contributed by atoms with Gasteiger partial charge >= 0.3 is 0 Å². The van der Waals surface area contributed by atoms with Crippen LogP contribution >= 0.6 is 11.6 Å². The number of amides is 1. The van der Waals surface area contributed by atoms with E-state index in [1.54, 1.807) is 11.8 Å². The Bertz CT molecular complexity index is 434. The largest absolute Gasteiger partial charge is 0.346 e. The van der Waals surface area contributed by atoms with Gasteiger partial charge in [-0.2, -0.15) is 0 Å². The highest BCUT2D eigenvalue weighted by Crippen LogP contribution is 2.33. The zero-order valence-corrected chi connectivity index (χ0v) is 9.46. The molecule has 1 aliphatic heterocycles. The maximum absolute atomic E-state index is 11.5. The molecule has 2 heterocycles. The van der Waals surface area contributed by atoms with Crippen molar-refractivity contribution in [1.82, 2.24) is 9.97 Å². The van der Waals surface area contributed by atoms with Crippen molar-refractivity contribution in [2.24, 2.45) is 0 Å². The van der Waals surface area contributed by atoms with E-state index in [1.807, 2.05) is 14.0 Å². The Morgan fingerprint density at radius 2 is 2.13 bits per heavy atom. The number of carbonyl (C=O) groups is 1. The van der Waals surface area contributed by atoms with Gasteiger partial charge in [0.1, 0.15) is 17.6 Å². The first-order valence-corrected chi connectivity index (χ1v) is 4.96. The highest BCUT2D eigenvalue weighted by Gasteiger charge is 2.30. The van der Waals surface area contributed by atoms with Crippen LogP contribution in [-0.2, 0) is 4.79 Å². The third-order valence-corrected chi connectivity index (χ3v) is 2.77. The fourth-order valence-corrected chi connectivity index (χ4v) is 1.73. The van der Waals surface area contributed by atoms with E-state index in [-0.39, 0.29) is 17.1 Å². The van der Waals surface area contributed by atoms with Crippen LogP contribution in [0.5, 0.6) is 0 Å². The summed E-state index contributed by atoms with van der Waals surface area (Å²) in [6.45, 7) is 3.57. The molecule has 0 aromatic carbocycles. The number of fused-ring (bicyclic) bond motifs is 1. The van der Waals surface area contributed by atoms with Crippen LogP contribution < -0.4 is 10.2 Å². The smallest absolute Gasteiger partial charge is 0.247 e. The number of carbonyl (C=O) groups excluding carboxylic acids is 1. The zero-order chi connectivity index (χ0) is 11.2. The molecule has 0 aliphatic carbocycles. The first kappa shape index (κ1) is 10.2. The molecule has 1 aromatic rings. The van der Waals surface area contributed by atoms with E-state index in [2.05, 4.69) is 15.3 Å². The summed E-state index contributed by atoms with van der Waals surface area (Å²) in [5.74, 6) is 1.16. The lowest BCUT2D eigenvalue weighted by Crippen LogP contribution is -2.44. The minimum atomic E-state index is -0.247. The molecule has 0 fully saturated rings. The van der Waals surface area contributed by atoms with E-state index in [4.69, 9.17) is 11.6 Å². The van der Waals surface area contributed by atoms with Crippen molar-refractivity contribution in [1.29, 1.82) is 0 Å². The number of nitrogens with one attached hydrogen (secondary N) is 1. The Kier molecular flexibility index (Phi) is 2.26. The summed E-state index contributed by atoms with van der Waals surface area (Å²) in [5.41, 5.74) is 0.493. The summed E-state index contributed by atoms with van der Waals surface area (Å²) >= 11 is 5.93. The molecular weight excluding hydrogens is 216 g/mol. The standard InChI is InChI=1S/C9H11ClN4O/c1-4-9(15)13-6-7(10)11-5(2)12-8(6)14(4)3/h4H,1-3H3,(H,13,15)/t4-/m0/s1. The maximum atomic E-state index is 11.5. The lowest BCUT2D eigenvalue weighted by Gasteiger charge is -2.32. The molecule has 0 radical (unpaired) electrons. The minimum absolute atomic E-state index is 0.0978. The van der Waals surface area contributed by atoms with Crippen LogP contribution in [-0.4, -0.2) is 29.0 Å². The topological polar surface area (TPSA) is 58.1 Å². The number of hydrogen-bond acceptors (Lipinski definition) is 4. The lowest BCUT2D eigenvalue weighted by molar-refractivity contribution is -0.117. The summed E-state index contributed by atoms with van der Waals surface area (Å²) in [6, 6.07) is -0.247. The van der Waals surface area contributed by atoms with Gasteiger partial charge in [-0.15, -0.1) is 0 Å². The van der Waals surface area contributed by atoms with Gasteiger partial charge in [-0.3, -0.25) is 4.79 Å². The fourth-order valence-electron chi connectivity index (χ4n) is 1.47. The van der Waals surface area contributed by atoms with Crippen LogP contribution in [0.1, 0.15) is 12.7 Å². The van der Waals surface area contributed by atoms with Gasteiger partial charge in [0, 0.05) is 7.05 Å². The van der Waals surface area contributed by atoms with E-state index in [0.29, 0.717) is 17.3 Å². The van der Waals surface area contributed by atoms with Crippen LogP contribution in [0.15, 0.2) is 0 Å². The Morgan fingerprint density at radius 1 is 1.47 bits per heavy atom. The van der Waals surface area contributed by atoms with Crippen molar-refractivity contribution in [2.45, 2.75) is 19.9 Å². The Hall–Kier alpha value is -1.36. The normalized spacial score (nSPS) is 19.9. The van der Waals surface area contributed by atoms with E-state index in [0.717, 1.165) is 0 Å². The SMILES string of the molecule is Cc1nc(Cl)c2c(n1)N(C)[C@@H](C)C(=O)N2. The van der Waals surface area contributed by atoms with Crippen LogP contribution in [0.25, 0.3) is 0 Å². The molecule has 1 amide bonds. The summed E-state index contributed by atoms with van der Waals surface area (Å²) in [5, 5.41) is 2.98. The van der Waals surface area contributed by atoms with E-state index in [9.17, 15) is 4.79 Å².